The Hall–Kier alpha value is -2.88. The van der Waals surface area contributed by atoms with Gasteiger partial charge in [0.25, 0.3) is 0 Å². The van der Waals surface area contributed by atoms with Gasteiger partial charge in [0.15, 0.2) is 18.9 Å². The standard InChI is InChI=1S/C10H4BF12N4.C8H14.C7H8.Cu/c12-7(13,14)3-1-5(9(18,19)20)26(24-3)11-27-6(10(21,22)23)2-4(25-27)8(15,16)17;1-2-4-6-8-7-5-3-1;1-7-5-3-2-4-6-7;/h1-2H,11H2;1-2H,3-8H2;2-6H,1H3;/q-1;;;+1/b;2-1-;;. The Morgan fingerprint density at radius 2 is 0.953 bits per heavy atom. The Labute approximate surface area is 249 Å². The molecule has 0 saturated heterocycles. The third-order valence-corrected chi connectivity index (χ3v) is 5.90. The van der Waals surface area contributed by atoms with Gasteiger partial charge in [0, 0.05) is 0 Å². The second-order valence-corrected chi connectivity index (χ2v) is 9.39. The van der Waals surface area contributed by atoms with Crippen LogP contribution in [0.1, 0.15) is 66.9 Å². The van der Waals surface area contributed by atoms with Gasteiger partial charge in [0.05, 0.1) is 0 Å². The first-order valence-corrected chi connectivity index (χ1v) is 12.7. The van der Waals surface area contributed by atoms with E-state index in [-0.39, 0.29) is 17.1 Å². The molecule has 4 rings (SSSR count). The molecule has 0 aliphatic heterocycles. The first-order valence-electron chi connectivity index (χ1n) is 12.7. The summed E-state index contributed by atoms with van der Waals surface area (Å²) in [5, 5.41) is 5.11. The molecule has 244 valence electrons. The fraction of sp³-hybridized carbons (Fsp3) is 0.440. The van der Waals surface area contributed by atoms with E-state index in [1.54, 1.807) is 0 Å². The number of halogens is 12. The SMILES string of the molecule is C1=C\CCCCCC/1.Cc1ccccc1.FC(F)(F)c1cc(C(F)(F)F)n([BH2-]n2nc(C(F)(F)F)cc2C(F)(F)F)n1.[Cu+]. The molecule has 0 fully saturated rings. The van der Waals surface area contributed by atoms with Crippen LogP contribution in [0.25, 0.3) is 0 Å². The number of rotatable bonds is 2. The molecule has 2 heterocycles. The molecular weight excluding hydrogens is 659 g/mol. The van der Waals surface area contributed by atoms with Crippen LogP contribution in [0, 0.1) is 6.92 Å². The van der Waals surface area contributed by atoms with Gasteiger partial charge in [-0.1, -0.05) is 60.9 Å². The van der Waals surface area contributed by atoms with Crippen molar-refractivity contribution in [1.82, 2.24) is 19.4 Å². The molecule has 0 saturated carbocycles. The summed E-state index contributed by atoms with van der Waals surface area (Å²) in [7, 11) is -3.20. The van der Waals surface area contributed by atoms with Crippen molar-refractivity contribution in [3.8, 4) is 0 Å². The van der Waals surface area contributed by atoms with Crippen molar-refractivity contribution in [2.75, 3.05) is 0 Å². The summed E-state index contributed by atoms with van der Waals surface area (Å²) in [5.41, 5.74) is -6.92. The Kier molecular flexibility index (Phi) is 14.0. The fourth-order valence-electron chi connectivity index (χ4n) is 3.87. The van der Waals surface area contributed by atoms with Gasteiger partial charge >= 0.3 is 41.8 Å². The average molecular weight is 685 g/mol. The molecule has 43 heavy (non-hydrogen) atoms. The molecule has 0 radical (unpaired) electrons. The number of nitrogens with zero attached hydrogens (tertiary/aromatic N) is 4. The van der Waals surface area contributed by atoms with Crippen LogP contribution in [-0.4, -0.2) is 26.9 Å². The maximum Gasteiger partial charge on any atom is 1.00 e. The van der Waals surface area contributed by atoms with Crippen molar-refractivity contribution in [2.45, 2.75) is 70.2 Å². The maximum atomic E-state index is 12.8. The second-order valence-electron chi connectivity index (χ2n) is 9.39. The number of hydrogen-bond acceptors (Lipinski definition) is 2. The number of benzene rings is 1. The normalized spacial score (nSPS) is 15.1. The van der Waals surface area contributed by atoms with Crippen LogP contribution in [0.2, 0.25) is 0 Å². The van der Waals surface area contributed by atoms with E-state index in [4.69, 9.17) is 0 Å². The first kappa shape index (κ1) is 38.1. The van der Waals surface area contributed by atoms with Crippen LogP contribution in [0.3, 0.4) is 0 Å². The van der Waals surface area contributed by atoms with E-state index in [1.165, 1.54) is 44.1 Å². The maximum absolute atomic E-state index is 12.8. The van der Waals surface area contributed by atoms with Crippen LogP contribution < -0.4 is 0 Å². The molecule has 2 aromatic heterocycles. The topological polar surface area (TPSA) is 35.6 Å². The van der Waals surface area contributed by atoms with Gasteiger partial charge in [-0.05, 0) is 44.7 Å². The van der Waals surface area contributed by atoms with Crippen molar-refractivity contribution in [3.63, 3.8) is 0 Å². The van der Waals surface area contributed by atoms with Gasteiger partial charge in [-0.3, -0.25) is 0 Å². The van der Waals surface area contributed by atoms with Crippen LogP contribution in [0.5, 0.6) is 0 Å². The molecule has 0 bridgehead atoms. The molecule has 18 heteroatoms. The van der Waals surface area contributed by atoms with Crippen molar-refractivity contribution in [2.24, 2.45) is 0 Å². The summed E-state index contributed by atoms with van der Waals surface area (Å²) in [4.78, 5) is 0. The van der Waals surface area contributed by atoms with E-state index in [1.807, 2.05) is 18.2 Å². The van der Waals surface area contributed by atoms with Gasteiger partial charge in [-0.25, -0.2) is 10.2 Å². The molecule has 0 N–H and O–H groups in total. The van der Waals surface area contributed by atoms with Crippen molar-refractivity contribution in [1.29, 1.82) is 0 Å². The quantitative estimate of drug-likeness (QED) is 0.154. The Bertz CT molecular complexity index is 1200. The summed E-state index contributed by atoms with van der Waals surface area (Å²) < 4.78 is 152. The van der Waals surface area contributed by atoms with Gasteiger partial charge < -0.3 is 9.19 Å². The molecule has 1 aliphatic rings. The fourth-order valence-corrected chi connectivity index (χ4v) is 3.87. The van der Waals surface area contributed by atoms with Gasteiger partial charge in [-0.2, -0.15) is 52.7 Å². The minimum atomic E-state index is -5.45. The van der Waals surface area contributed by atoms with Gasteiger partial charge in [0.1, 0.15) is 11.4 Å². The third kappa shape index (κ3) is 12.7. The van der Waals surface area contributed by atoms with Crippen molar-refractivity contribution >= 4 is 7.55 Å². The molecular formula is C25H26BCuF12N4. The Balaban J connectivity index is 0.000000467. The molecule has 0 spiro atoms. The predicted molar refractivity (Wildman–Crippen MR) is 132 cm³/mol. The molecule has 4 nitrogen and oxygen atoms in total. The summed E-state index contributed by atoms with van der Waals surface area (Å²) in [6.07, 6.45) is -8.60. The molecule has 1 aliphatic carbocycles. The van der Waals surface area contributed by atoms with Crippen LogP contribution >= 0.6 is 0 Å². The molecule has 0 atom stereocenters. The molecule has 0 amide bonds. The van der Waals surface area contributed by atoms with Crippen LogP contribution in [0.4, 0.5) is 52.7 Å². The zero-order chi connectivity index (χ0) is 31.8. The van der Waals surface area contributed by atoms with Crippen molar-refractivity contribution in [3.05, 3.63) is 83.0 Å². The molecule has 0 unspecified atom stereocenters. The number of hydrogen-bond donors (Lipinski definition) is 0. The predicted octanol–water partition coefficient (Wildman–Crippen LogP) is 8.44. The smallest absolute Gasteiger partial charge is 0.418 e. The zero-order valence-corrected chi connectivity index (χ0v) is 23.5. The van der Waals surface area contributed by atoms with Gasteiger partial charge in [0.2, 0.25) is 0 Å². The number of alkyl halides is 12. The van der Waals surface area contributed by atoms with Gasteiger partial charge in [-0.15, -0.1) is 0 Å². The zero-order valence-electron chi connectivity index (χ0n) is 22.6. The largest absolute Gasteiger partial charge is 1.00 e. The number of allylic oxidation sites excluding steroid dienone is 2. The minimum Gasteiger partial charge on any atom is -0.418 e. The van der Waals surface area contributed by atoms with E-state index in [0.717, 1.165) is 0 Å². The Morgan fingerprint density at radius 1 is 0.581 bits per heavy atom. The van der Waals surface area contributed by atoms with E-state index < -0.39 is 76.3 Å². The van der Waals surface area contributed by atoms with Crippen LogP contribution in [0.15, 0.2) is 54.6 Å². The van der Waals surface area contributed by atoms with E-state index in [2.05, 4.69) is 41.4 Å². The third-order valence-electron chi connectivity index (χ3n) is 5.90. The van der Waals surface area contributed by atoms with Crippen LogP contribution in [-0.2, 0) is 41.8 Å². The summed E-state index contributed by atoms with van der Waals surface area (Å²) in [5.74, 6) is 0. The molecule has 1 aromatic carbocycles. The van der Waals surface area contributed by atoms with E-state index >= 15 is 0 Å². The minimum absolute atomic E-state index is 0. The summed E-state index contributed by atoms with van der Waals surface area (Å²) >= 11 is 0. The first-order chi connectivity index (χ1) is 19.3. The molecule has 3 aromatic rings. The summed E-state index contributed by atoms with van der Waals surface area (Å²) in [6.45, 7) is 2.08. The average Bonchev–Trinajstić information content (AvgIpc) is 3.45. The number of aryl methyl sites for hydroxylation is 1. The Morgan fingerprint density at radius 3 is 1.23 bits per heavy atom. The van der Waals surface area contributed by atoms with E-state index in [0.29, 0.717) is 0 Å². The number of aromatic nitrogens is 4. The monoisotopic (exact) mass is 684 g/mol. The summed E-state index contributed by atoms with van der Waals surface area (Å²) in [6, 6.07) is 9.35. The second kappa shape index (κ2) is 15.7. The van der Waals surface area contributed by atoms with E-state index in [9.17, 15) is 52.7 Å². The van der Waals surface area contributed by atoms with Crippen molar-refractivity contribution < 1.29 is 69.8 Å².